The number of ether oxygens (including phenoxy) is 1. The first-order valence-corrected chi connectivity index (χ1v) is 8.99. The Balaban J connectivity index is 1.90. The number of benzene rings is 1. The van der Waals surface area contributed by atoms with Gasteiger partial charge in [-0.15, -0.1) is 0 Å². The summed E-state index contributed by atoms with van der Waals surface area (Å²) in [7, 11) is 1.80. The average Bonchev–Trinajstić information content (AvgIpc) is 2.62. The zero-order valence-corrected chi connectivity index (χ0v) is 15.5. The molecule has 6 heteroatoms. The molecule has 1 fully saturated rings. The van der Waals surface area contributed by atoms with Crippen LogP contribution in [0.1, 0.15) is 25.0 Å². The molecule has 0 bridgehead atoms. The van der Waals surface area contributed by atoms with E-state index in [1.54, 1.807) is 16.8 Å². The number of morpholine rings is 1. The van der Waals surface area contributed by atoms with Crippen LogP contribution in [0, 0.1) is 0 Å². The van der Waals surface area contributed by atoms with Gasteiger partial charge in [0.05, 0.1) is 26.3 Å². The summed E-state index contributed by atoms with van der Waals surface area (Å²) >= 11 is 0. The summed E-state index contributed by atoms with van der Waals surface area (Å²) < 4.78 is 5.26. The Kier molecular flexibility index (Phi) is 7.40. The first-order valence-electron chi connectivity index (χ1n) is 8.99. The number of rotatable bonds is 7. The van der Waals surface area contributed by atoms with E-state index in [9.17, 15) is 9.59 Å². The number of carbonyl (C=O) groups excluding carboxylic acids is 2. The van der Waals surface area contributed by atoms with Gasteiger partial charge >= 0.3 is 0 Å². The van der Waals surface area contributed by atoms with Crippen LogP contribution in [0.4, 0.5) is 5.69 Å². The van der Waals surface area contributed by atoms with E-state index in [-0.39, 0.29) is 24.9 Å². The van der Waals surface area contributed by atoms with Gasteiger partial charge in [0, 0.05) is 18.8 Å². The molecule has 1 saturated heterocycles. The zero-order chi connectivity index (χ0) is 18.2. The number of hydrogen-bond donors (Lipinski definition) is 1. The van der Waals surface area contributed by atoms with Crippen LogP contribution in [0.15, 0.2) is 18.2 Å². The summed E-state index contributed by atoms with van der Waals surface area (Å²) in [6.45, 7) is 7.02. The number of aryl methyl sites for hydroxylation is 2. The summed E-state index contributed by atoms with van der Waals surface area (Å²) in [5, 5.41) is 3.04. The molecule has 6 nitrogen and oxygen atoms in total. The van der Waals surface area contributed by atoms with E-state index < -0.39 is 0 Å². The Bertz CT molecular complexity index is 575. The largest absolute Gasteiger partial charge is 0.378 e. The maximum Gasteiger partial charge on any atom is 0.238 e. The van der Waals surface area contributed by atoms with Gasteiger partial charge in [0.15, 0.2) is 0 Å². The third-order valence-electron chi connectivity index (χ3n) is 4.45. The number of anilines is 1. The fourth-order valence-electron chi connectivity index (χ4n) is 3.03. The predicted octanol–water partition coefficient (Wildman–Crippen LogP) is 1.54. The summed E-state index contributed by atoms with van der Waals surface area (Å²) in [4.78, 5) is 28.2. The van der Waals surface area contributed by atoms with Crippen molar-refractivity contribution in [3.8, 4) is 0 Å². The number of carbonyl (C=O) groups is 2. The van der Waals surface area contributed by atoms with E-state index in [0.29, 0.717) is 26.3 Å². The lowest BCUT2D eigenvalue weighted by Gasteiger charge is -2.28. The lowest BCUT2D eigenvalue weighted by molar-refractivity contribution is -0.136. The lowest BCUT2D eigenvalue weighted by atomic mass is 10.0. The molecule has 0 radical (unpaired) electrons. The zero-order valence-electron chi connectivity index (χ0n) is 15.5. The summed E-state index contributed by atoms with van der Waals surface area (Å²) in [6.07, 6.45) is 1.74. The van der Waals surface area contributed by atoms with Crippen molar-refractivity contribution in [1.82, 2.24) is 9.80 Å². The minimum absolute atomic E-state index is 0.0433. The highest BCUT2D eigenvalue weighted by atomic mass is 16.5. The molecule has 0 aliphatic carbocycles. The fourth-order valence-corrected chi connectivity index (χ4v) is 3.03. The second-order valence-electron chi connectivity index (χ2n) is 6.37. The second-order valence-corrected chi connectivity index (χ2v) is 6.37. The maximum absolute atomic E-state index is 12.4. The van der Waals surface area contributed by atoms with Gasteiger partial charge in [-0.25, -0.2) is 0 Å². The molecule has 0 saturated carbocycles. The predicted molar refractivity (Wildman–Crippen MR) is 98.7 cm³/mol. The second kappa shape index (κ2) is 9.53. The molecule has 1 aromatic carbocycles. The smallest absolute Gasteiger partial charge is 0.238 e. The van der Waals surface area contributed by atoms with E-state index in [2.05, 4.69) is 19.2 Å². The van der Waals surface area contributed by atoms with Gasteiger partial charge in [0.2, 0.25) is 11.8 Å². The topological polar surface area (TPSA) is 61.9 Å². The minimum Gasteiger partial charge on any atom is -0.378 e. The molecule has 0 spiro atoms. The first kappa shape index (κ1) is 19.4. The highest BCUT2D eigenvalue weighted by Gasteiger charge is 2.19. The van der Waals surface area contributed by atoms with E-state index in [0.717, 1.165) is 29.7 Å². The quantitative estimate of drug-likeness (QED) is 0.813. The van der Waals surface area contributed by atoms with Crippen molar-refractivity contribution in [3.63, 3.8) is 0 Å². The van der Waals surface area contributed by atoms with Crippen molar-refractivity contribution >= 4 is 17.5 Å². The molecule has 1 aliphatic rings. The van der Waals surface area contributed by atoms with Crippen molar-refractivity contribution in [2.45, 2.75) is 26.7 Å². The first-order chi connectivity index (χ1) is 12.0. The Morgan fingerprint density at radius 3 is 2.28 bits per heavy atom. The van der Waals surface area contributed by atoms with Crippen LogP contribution in [0.2, 0.25) is 0 Å². The molecule has 2 amide bonds. The Hall–Kier alpha value is -1.92. The Morgan fingerprint density at radius 1 is 1.12 bits per heavy atom. The van der Waals surface area contributed by atoms with E-state index in [1.807, 2.05) is 18.2 Å². The monoisotopic (exact) mass is 347 g/mol. The minimum atomic E-state index is -0.0899. The van der Waals surface area contributed by atoms with Crippen LogP contribution in [-0.4, -0.2) is 68.1 Å². The van der Waals surface area contributed by atoms with Crippen molar-refractivity contribution in [1.29, 1.82) is 0 Å². The van der Waals surface area contributed by atoms with Gasteiger partial charge in [-0.05, 0) is 31.0 Å². The van der Waals surface area contributed by atoms with Gasteiger partial charge in [-0.3, -0.25) is 14.5 Å². The van der Waals surface area contributed by atoms with Crippen molar-refractivity contribution in [2.75, 3.05) is 51.8 Å². The SMILES string of the molecule is CCc1cccc(CC)c1NC(=O)CN(C)CC(=O)N1CCOCC1. The van der Waals surface area contributed by atoms with Crippen LogP contribution >= 0.6 is 0 Å². The number of para-hydroxylation sites is 1. The molecule has 138 valence electrons. The molecule has 2 rings (SSSR count). The molecule has 0 aromatic heterocycles. The molecule has 1 N–H and O–H groups in total. The molecule has 0 atom stereocenters. The Morgan fingerprint density at radius 2 is 1.72 bits per heavy atom. The van der Waals surface area contributed by atoms with Crippen LogP contribution in [0.25, 0.3) is 0 Å². The summed E-state index contributed by atoms with van der Waals surface area (Å²) in [5.74, 6) is -0.0466. The van der Waals surface area contributed by atoms with Crippen molar-refractivity contribution in [2.24, 2.45) is 0 Å². The highest BCUT2D eigenvalue weighted by molar-refractivity contribution is 5.94. The van der Waals surface area contributed by atoms with Gasteiger partial charge in [0.1, 0.15) is 0 Å². The molecule has 25 heavy (non-hydrogen) atoms. The average molecular weight is 347 g/mol. The van der Waals surface area contributed by atoms with E-state index in [4.69, 9.17) is 4.74 Å². The van der Waals surface area contributed by atoms with Gasteiger partial charge < -0.3 is 15.0 Å². The number of hydrogen-bond acceptors (Lipinski definition) is 4. The number of nitrogens with zero attached hydrogens (tertiary/aromatic N) is 2. The lowest BCUT2D eigenvalue weighted by Crippen LogP contribution is -2.46. The molecule has 0 unspecified atom stereocenters. The van der Waals surface area contributed by atoms with Gasteiger partial charge in [-0.1, -0.05) is 32.0 Å². The number of likely N-dealkylation sites (N-methyl/N-ethyl adjacent to an activating group) is 1. The standard InChI is InChI=1S/C19H29N3O3/c1-4-15-7-6-8-16(5-2)19(15)20-17(23)13-21(3)14-18(24)22-9-11-25-12-10-22/h6-8H,4-5,9-14H2,1-3H3,(H,20,23). The van der Waals surface area contributed by atoms with E-state index in [1.165, 1.54) is 0 Å². The molecule has 1 aliphatic heterocycles. The van der Waals surface area contributed by atoms with Crippen molar-refractivity contribution < 1.29 is 14.3 Å². The van der Waals surface area contributed by atoms with Crippen LogP contribution in [0.5, 0.6) is 0 Å². The maximum atomic E-state index is 12.4. The highest BCUT2D eigenvalue weighted by Crippen LogP contribution is 2.22. The van der Waals surface area contributed by atoms with Gasteiger partial charge in [0.25, 0.3) is 0 Å². The fraction of sp³-hybridized carbons (Fsp3) is 0.579. The normalized spacial score (nSPS) is 14.6. The third kappa shape index (κ3) is 5.54. The van der Waals surface area contributed by atoms with E-state index >= 15 is 0 Å². The third-order valence-corrected chi connectivity index (χ3v) is 4.45. The van der Waals surface area contributed by atoms with Crippen molar-refractivity contribution in [3.05, 3.63) is 29.3 Å². The molecule has 1 heterocycles. The van der Waals surface area contributed by atoms with Crippen LogP contribution < -0.4 is 5.32 Å². The van der Waals surface area contributed by atoms with Crippen LogP contribution in [0.3, 0.4) is 0 Å². The Labute approximate surface area is 150 Å². The summed E-state index contributed by atoms with van der Waals surface area (Å²) in [5.41, 5.74) is 3.20. The molecule has 1 aromatic rings. The summed E-state index contributed by atoms with van der Waals surface area (Å²) in [6, 6.07) is 6.11. The number of amides is 2. The molecular weight excluding hydrogens is 318 g/mol. The number of nitrogens with one attached hydrogen (secondary N) is 1. The molecular formula is C19H29N3O3. The van der Waals surface area contributed by atoms with Gasteiger partial charge in [-0.2, -0.15) is 0 Å². The van der Waals surface area contributed by atoms with Crippen LogP contribution in [-0.2, 0) is 27.2 Å².